The minimum Gasteiger partial charge on any atom is -0.493 e. The van der Waals surface area contributed by atoms with E-state index in [0.29, 0.717) is 29.1 Å². The number of Topliss-reactive ketones (excluding diaryl/α,β-unsaturated/α-hetero) is 1. The van der Waals surface area contributed by atoms with E-state index in [1.54, 1.807) is 26.4 Å². The summed E-state index contributed by atoms with van der Waals surface area (Å²) >= 11 is 0. The van der Waals surface area contributed by atoms with Crippen molar-refractivity contribution < 1.29 is 32.2 Å². The van der Waals surface area contributed by atoms with E-state index in [1.165, 1.54) is 12.1 Å². The highest BCUT2D eigenvalue weighted by atomic mass is 19.4. The smallest absolute Gasteiger partial charge is 0.493 e. The number of rotatable bonds is 5. The molecule has 2 aliphatic rings. The molecule has 1 heterocycles. The van der Waals surface area contributed by atoms with Crippen LogP contribution in [0, 0.1) is 0 Å². The maximum Gasteiger partial charge on any atom is 0.573 e. The molecule has 3 aromatic carbocycles. The topological polar surface area (TPSA) is 68.8 Å². The fourth-order valence-electron chi connectivity index (χ4n) is 4.95. The van der Waals surface area contributed by atoms with Crippen LogP contribution in [0.1, 0.15) is 35.9 Å². The van der Waals surface area contributed by atoms with E-state index in [0.717, 1.165) is 22.6 Å². The van der Waals surface area contributed by atoms with Gasteiger partial charge < -0.3 is 24.8 Å². The molecule has 37 heavy (non-hydrogen) atoms. The molecule has 0 amide bonds. The fourth-order valence-corrected chi connectivity index (χ4v) is 4.95. The Labute approximate surface area is 212 Å². The average Bonchev–Trinajstić information content (AvgIpc) is 3.04. The number of hydrogen-bond donors (Lipinski definition) is 2. The fraction of sp³-hybridized carbons (Fsp3) is 0.250. The number of carbonyl (C=O) groups is 1. The Bertz CT molecular complexity index is 1350. The number of benzene rings is 3. The molecule has 9 heteroatoms. The lowest BCUT2D eigenvalue weighted by Gasteiger charge is -2.30. The van der Waals surface area contributed by atoms with E-state index < -0.39 is 12.4 Å². The molecule has 1 aliphatic carbocycles. The van der Waals surface area contributed by atoms with Gasteiger partial charge in [-0.25, -0.2) is 0 Å². The lowest BCUT2D eigenvalue weighted by molar-refractivity contribution is -0.274. The summed E-state index contributed by atoms with van der Waals surface area (Å²) in [5, 5.41) is 6.87. The summed E-state index contributed by atoms with van der Waals surface area (Å²) in [5.74, 6) is 0.742. The van der Waals surface area contributed by atoms with Gasteiger partial charge in [0, 0.05) is 17.7 Å². The number of carbonyl (C=O) groups excluding carboxylic acids is 1. The Kier molecular flexibility index (Phi) is 6.45. The summed E-state index contributed by atoms with van der Waals surface area (Å²) in [7, 11) is 3.14. The third-order valence-corrected chi connectivity index (χ3v) is 6.63. The number of para-hydroxylation sites is 2. The number of ether oxygens (including phenoxy) is 3. The van der Waals surface area contributed by atoms with Crippen LogP contribution >= 0.6 is 0 Å². The zero-order valence-electron chi connectivity index (χ0n) is 20.2. The molecule has 0 fully saturated rings. The highest BCUT2D eigenvalue weighted by molar-refractivity contribution is 6.01. The summed E-state index contributed by atoms with van der Waals surface area (Å²) < 4.78 is 52.8. The van der Waals surface area contributed by atoms with E-state index in [9.17, 15) is 18.0 Å². The van der Waals surface area contributed by atoms with Crippen molar-refractivity contribution in [2.24, 2.45) is 0 Å². The molecule has 2 N–H and O–H groups in total. The molecule has 0 radical (unpaired) electrons. The van der Waals surface area contributed by atoms with E-state index in [4.69, 9.17) is 9.47 Å². The first kappa shape index (κ1) is 24.5. The molecule has 0 spiro atoms. The van der Waals surface area contributed by atoms with E-state index >= 15 is 0 Å². The summed E-state index contributed by atoms with van der Waals surface area (Å²) in [6.07, 6.45) is -3.93. The SMILES string of the molecule is COc1ccc([C@H]2CC(=O)C3=C(C2)Nc2ccccc2N[C@H]3c2ccc(OC(F)(F)F)cc2)cc1OC. The molecule has 5 rings (SSSR count). The first-order valence-corrected chi connectivity index (χ1v) is 11.7. The second-order valence-corrected chi connectivity index (χ2v) is 8.90. The van der Waals surface area contributed by atoms with Gasteiger partial charge in [-0.2, -0.15) is 0 Å². The van der Waals surface area contributed by atoms with Crippen LogP contribution in [0.2, 0.25) is 0 Å². The van der Waals surface area contributed by atoms with Crippen molar-refractivity contribution in [1.82, 2.24) is 0 Å². The van der Waals surface area contributed by atoms with E-state index in [1.807, 2.05) is 42.5 Å². The Morgan fingerprint density at radius 1 is 0.838 bits per heavy atom. The number of alkyl halides is 3. The van der Waals surface area contributed by atoms with Crippen LogP contribution in [-0.2, 0) is 4.79 Å². The number of halogens is 3. The Morgan fingerprint density at radius 2 is 1.51 bits per heavy atom. The molecule has 2 atom stereocenters. The summed E-state index contributed by atoms with van der Waals surface area (Å²) in [5.41, 5.74) is 4.54. The molecule has 0 bridgehead atoms. The van der Waals surface area contributed by atoms with Gasteiger partial charge in [-0.3, -0.25) is 4.79 Å². The van der Waals surface area contributed by atoms with Crippen molar-refractivity contribution in [1.29, 1.82) is 0 Å². The highest BCUT2D eigenvalue weighted by Crippen LogP contribution is 2.45. The van der Waals surface area contributed by atoms with Crippen LogP contribution in [-0.4, -0.2) is 26.4 Å². The lowest BCUT2D eigenvalue weighted by atomic mass is 9.78. The van der Waals surface area contributed by atoms with Gasteiger partial charge in [0.1, 0.15) is 5.75 Å². The third-order valence-electron chi connectivity index (χ3n) is 6.63. The highest BCUT2D eigenvalue weighted by Gasteiger charge is 2.36. The Hall–Kier alpha value is -4.14. The number of hydrogen-bond acceptors (Lipinski definition) is 6. The van der Waals surface area contributed by atoms with Gasteiger partial charge in [0.15, 0.2) is 17.3 Å². The average molecular weight is 511 g/mol. The maximum atomic E-state index is 13.7. The van der Waals surface area contributed by atoms with Gasteiger partial charge in [0.05, 0.1) is 31.6 Å². The number of nitrogens with one attached hydrogen (secondary N) is 2. The van der Waals surface area contributed by atoms with E-state index in [2.05, 4.69) is 15.4 Å². The number of methoxy groups -OCH3 is 2. The quantitative estimate of drug-likeness (QED) is 0.404. The van der Waals surface area contributed by atoms with Gasteiger partial charge in [0.2, 0.25) is 0 Å². The molecule has 0 saturated heterocycles. The molecule has 0 aromatic heterocycles. The number of ketones is 1. The zero-order chi connectivity index (χ0) is 26.2. The van der Waals surface area contributed by atoms with Crippen molar-refractivity contribution in [2.75, 3.05) is 24.9 Å². The van der Waals surface area contributed by atoms with Gasteiger partial charge >= 0.3 is 6.36 Å². The van der Waals surface area contributed by atoms with Gasteiger partial charge in [-0.05, 0) is 59.9 Å². The largest absolute Gasteiger partial charge is 0.573 e. The monoisotopic (exact) mass is 510 g/mol. The molecule has 0 saturated carbocycles. The van der Waals surface area contributed by atoms with Crippen molar-refractivity contribution in [3.8, 4) is 17.2 Å². The van der Waals surface area contributed by atoms with Crippen LogP contribution in [0.3, 0.4) is 0 Å². The van der Waals surface area contributed by atoms with Crippen LogP contribution in [0.25, 0.3) is 0 Å². The summed E-state index contributed by atoms with van der Waals surface area (Å²) in [6.45, 7) is 0. The van der Waals surface area contributed by atoms with Crippen molar-refractivity contribution in [3.63, 3.8) is 0 Å². The maximum absolute atomic E-state index is 13.7. The van der Waals surface area contributed by atoms with Crippen LogP contribution < -0.4 is 24.8 Å². The molecule has 6 nitrogen and oxygen atoms in total. The minimum absolute atomic E-state index is 0.0468. The van der Waals surface area contributed by atoms with Crippen LogP contribution in [0.5, 0.6) is 17.2 Å². The first-order chi connectivity index (χ1) is 17.8. The number of allylic oxidation sites excluding steroid dienone is 1. The summed E-state index contributed by atoms with van der Waals surface area (Å²) in [4.78, 5) is 13.7. The lowest BCUT2D eigenvalue weighted by Crippen LogP contribution is -2.27. The Morgan fingerprint density at radius 3 is 2.19 bits per heavy atom. The standard InChI is InChI=1S/C28H25F3N2O4/c1-35-24-12-9-17(15-25(24)36-2)18-13-22-26(23(34)14-18)27(33-21-6-4-3-5-20(21)32-22)16-7-10-19(11-8-16)37-28(29,30)31/h3-12,15,18,27,32-33H,13-14H2,1-2H3/t18-,27+/m1/s1. The van der Waals surface area contributed by atoms with Crippen LogP contribution in [0.15, 0.2) is 78.0 Å². The molecular formula is C28H25F3N2O4. The van der Waals surface area contributed by atoms with Crippen molar-refractivity contribution >= 4 is 17.2 Å². The minimum atomic E-state index is -4.78. The van der Waals surface area contributed by atoms with Gasteiger partial charge in [0.25, 0.3) is 0 Å². The summed E-state index contributed by atoms with van der Waals surface area (Å²) in [6, 6.07) is 18.3. The van der Waals surface area contributed by atoms with Gasteiger partial charge in [-0.1, -0.05) is 30.3 Å². The zero-order valence-corrected chi connectivity index (χ0v) is 20.2. The predicted molar refractivity (Wildman–Crippen MR) is 133 cm³/mol. The Balaban J connectivity index is 1.53. The predicted octanol–water partition coefficient (Wildman–Crippen LogP) is 6.58. The molecular weight excluding hydrogens is 485 g/mol. The second-order valence-electron chi connectivity index (χ2n) is 8.90. The third kappa shape index (κ3) is 5.07. The van der Waals surface area contributed by atoms with E-state index in [-0.39, 0.29) is 23.9 Å². The van der Waals surface area contributed by atoms with Crippen molar-refractivity contribution in [3.05, 3.63) is 89.1 Å². The molecule has 192 valence electrons. The number of fused-ring (bicyclic) bond motifs is 1. The molecule has 0 unspecified atom stereocenters. The normalized spacial score (nSPS) is 19.1. The number of anilines is 2. The second kappa shape index (κ2) is 9.72. The van der Waals surface area contributed by atoms with Crippen molar-refractivity contribution in [2.45, 2.75) is 31.2 Å². The molecule has 1 aliphatic heterocycles. The molecule has 3 aromatic rings. The van der Waals surface area contributed by atoms with Crippen LogP contribution in [0.4, 0.5) is 24.5 Å². The van der Waals surface area contributed by atoms with Gasteiger partial charge in [-0.15, -0.1) is 13.2 Å². The first-order valence-electron chi connectivity index (χ1n) is 11.7.